The lowest BCUT2D eigenvalue weighted by Gasteiger charge is -2.36. The van der Waals surface area contributed by atoms with Gasteiger partial charge >= 0.3 is 0 Å². The highest BCUT2D eigenvalue weighted by atomic mass is 35.7. The number of benzene rings is 2. The minimum absolute atomic E-state index is 0.0116. The number of anilines is 1. The van der Waals surface area contributed by atoms with Gasteiger partial charge < -0.3 is 14.9 Å². The van der Waals surface area contributed by atoms with Gasteiger partial charge in [-0.3, -0.25) is 4.79 Å². The molecular formula is C17H14Cl3FN2O2S. The van der Waals surface area contributed by atoms with Crippen LogP contribution in [0.25, 0.3) is 0 Å². The molecule has 2 aromatic rings. The first kappa shape index (κ1) is 19.4. The van der Waals surface area contributed by atoms with E-state index in [1.165, 1.54) is 12.1 Å². The molecule has 0 radical (unpaired) electrons. The molecule has 1 aliphatic rings. The van der Waals surface area contributed by atoms with E-state index >= 15 is 0 Å². The largest absolute Gasteiger partial charge is 0.504 e. The van der Waals surface area contributed by atoms with E-state index in [0.717, 1.165) is 21.9 Å². The van der Waals surface area contributed by atoms with Crippen LogP contribution in [0.3, 0.4) is 0 Å². The number of halogens is 4. The lowest BCUT2D eigenvalue weighted by molar-refractivity contribution is 0.0747. The zero-order chi connectivity index (χ0) is 18.8. The molecule has 0 aromatic heterocycles. The molecule has 3 rings (SSSR count). The number of phenolic OH excluding ortho intramolecular Hbond substituents is 1. The van der Waals surface area contributed by atoms with Crippen molar-refractivity contribution in [3.63, 3.8) is 0 Å². The van der Waals surface area contributed by atoms with Crippen LogP contribution in [0.4, 0.5) is 10.1 Å². The molecule has 0 aliphatic carbocycles. The second-order valence-corrected chi connectivity index (χ2v) is 7.66. The number of nitrogens with zero attached hydrogens (tertiary/aromatic N) is 2. The van der Waals surface area contributed by atoms with Gasteiger partial charge in [0.1, 0.15) is 5.82 Å². The Morgan fingerprint density at radius 3 is 2.38 bits per heavy atom. The molecule has 2 aromatic carbocycles. The maximum atomic E-state index is 13.2. The molecule has 26 heavy (non-hydrogen) atoms. The fraction of sp³-hybridized carbons (Fsp3) is 0.235. The molecule has 4 nitrogen and oxygen atoms in total. The fourth-order valence-electron chi connectivity index (χ4n) is 2.83. The Bertz CT molecular complexity index is 845. The van der Waals surface area contributed by atoms with E-state index in [2.05, 4.69) is 0 Å². The van der Waals surface area contributed by atoms with E-state index in [1.54, 1.807) is 17.0 Å². The zero-order valence-corrected chi connectivity index (χ0v) is 16.5. The molecule has 0 unspecified atom stereocenters. The number of hydrogen-bond acceptors (Lipinski definition) is 4. The standard InChI is InChI=1S/C17H14Cl3FN2O2S/c18-13-7-10(21)1-2-12(13)17(25)23-5-3-22(4-6-23)15-9-11(26-20)8-14(19)16(15)24/h1-2,7-9,24H,3-6H2. The lowest BCUT2D eigenvalue weighted by Crippen LogP contribution is -2.48. The van der Waals surface area contributed by atoms with Gasteiger partial charge in [-0.1, -0.05) is 23.2 Å². The fourth-order valence-corrected chi connectivity index (χ4v) is 3.94. The molecule has 1 N–H and O–H groups in total. The Labute approximate surface area is 168 Å². The van der Waals surface area contributed by atoms with Gasteiger partial charge in [0.2, 0.25) is 0 Å². The van der Waals surface area contributed by atoms with Crippen LogP contribution >= 0.6 is 44.9 Å². The SMILES string of the molecule is O=C(c1ccc(F)cc1Cl)N1CCN(c2cc(SCl)cc(Cl)c2O)CC1. The second-order valence-electron chi connectivity index (χ2n) is 5.75. The molecule has 0 saturated carbocycles. The topological polar surface area (TPSA) is 43.8 Å². The van der Waals surface area contributed by atoms with Crippen molar-refractivity contribution in [3.05, 3.63) is 51.8 Å². The van der Waals surface area contributed by atoms with Crippen molar-refractivity contribution in [2.24, 2.45) is 0 Å². The molecule has 0 spiro atoms. The summed E-state index contributed by atoms with van der Waals surface area (Å²) in [4.78, 5) is 16.9. The highest BCUT2D eigenvalue weighted by molar-refractivity contribution is 8.21. The number of rotatable bonds is 3. The van der Waals surface area contributed by atoms with Crippen molar-refractivity contribution in [1.29, 1.82) is 0 Å². The number of phenols is 1. The molecular weight excluding hydrogens is 422 g/mol. The number of piperazine rings is 1. The molecule has 1 heterocycles. The third kappa shape index (κ3) is 3.98. The first-order valence-corrected chi connectivity index (χ1v) is 10.1. The quantitative estimate of drug-likeness (QED) is 0.733. The molecule has 9 heteroatoms. The number of carbonyl (C=O) groups is 1. The molecule has 1 saturated heterocycles. The molecule has 1 fully saturated rings. The van der Waals surface area contributed by atoms with Gasteiger partial charge in [0.15, 0.2) is 5.75 Å². The third-order valence-corrected chi connectivity index (χ3v) is 5.72. The van der Waals surface area contributed by atoms with Gasteiger partial charge in [0.05, 0.1) is 21.3 Å². The van der Waals surface area contributed by atoms with Crippen LogP contribution in [-0.2, 0) is 0 Å². The Morgan fingerprint density at radius 2 is 1.77 bits per heavy atom. The van der Waals surface area contributed by atoms with Gasteiger partial charge in [0, 0.05) is 31.1 Å². The Morgan fingerprint density at radius 1 is 1.08 bits per heavy atom. The van der Waals surface area contributed by atoms with Crippen molar-refractivity contribution in [3.8, 4) is 5.75 Å². The van der Waals surface area contributed by atoms with E-state index in [9.17, 15) is 14.3 Å². The zero-order valence-electron chi connectivity index (χ0n) is 13.4. The summed E-state index contributed by atoms with van der Waals surface area (Å²) >= 11 is 12.0. The van der Waals surface area contributed by atoms with E-state index in [-0.39, 0.29) is 27.3 Å². The predicted molar refractivity (Wildman–Crippen MR) is 104 cm³/mol. The monoisotopic (exact) mass is 434 g/mol. The van der Waals surface area contributed by atoms with Crippen LogP contribution in [0, 0.1) is 5.82 Å². The minimum atomic E-state index is -0.485. The molecule has 0 atom stereocenters. The van der Waals surface area contributed by atoms with Crippen molar-refractivity contribution in [2.75, 3.05) is 31.1 Å². The van der Waals surface area contributed by atoms with Crippen LogP contribution < -0.4 is 4.90 Å². The van der Waals surface area contributed by atoms with Gasteiger partial charge in [-0.05, 0) is 52.0 Å². The van der Waals surface area contributed by atoms with Crippen molar-refractivity contribution in [2.45, 2.75) is 4.90 Å². The van der Waals surface area contributed by atoms with Crippen LogP contribution in [0.1, 0.15) is 10.4 Å². The highest BCUT2D eigenvalue weighted by Gasteiger charge is 2.25. The number of amides is 1. The average molecular weight is 436 g/mol. The summed E-state index contributed by atoms with van der Waals surface area (Å²) in [5.74, 6) is -0.745. The van der Waals surface area contributed by atoms with E-state index in [1.807, 2.05) is 4.90 Å². The van der Waals surface area contributed by atoms with Crippen LogP contribution in [0.2, 0.25) is 10.0 Å². The minimum Gasteiger partial charge on any atom is -0.504 e. The lowest BCUT2D eigenvalue weighted by atomic mass is 10.1. The highest BCUT2D eigenvalue weighted by Crippen LogP contribution is 2.40. The molecule has 0 bridgehead atoms. The maximum absolute atomic E-state index is 13.2. The van der Waals surface area contributed by atoms with Crippen LogP contribution in [-0.4, -0.2) is 42.1 Å². The Hall–Kier alpha value is -1.34. The molecule has 138 valence electrons. The van der Waals surface area contributed by atoms with Crippen molar-refractivity contribution < 1.29 is 14.3 Å². The summed E-state index contributed by atoms with van der Waals surface area (Å²) in [5.41, 5.74) is 0.848. The van der Waals surface area contributed by atoms with E-state index in [0.29, 0.717) is 31.9 Å². The van der Waals surface area contributed by atoms with E-state index in [4.69, 9.17) is 33.9 Å². The Kier molecular flexibility index (Phi) is 6.07. The van der Waals surface area contributed by atoms with Crippen molar-refractivity contribution in [1.82, 2.24) is 4.90 Å². The average Bonchev–Trinajstić information content (AvgIpc) is 2.63. The van der Waals surface area contributed by atoms with Crippen LogP contribution in [0.5, 0.6) is 5.75 Å². The normalized spacial score (nSPS) is 14.6. The van der Waals surface area contributed by atoms with Gasteiger partial charge in [-0.25, -0.2) is 4.39 Å². The first-order chi connectivity index (χ1) is 12.4. The maximum Gasteiger partial charge on any atom is 0.255 e. The smallest absolute Gasteiger partial charge is 0.255 e. The van der Waals surface area contributed by atoms with Gasteiger partial charge in [-0.15, -0.1) is 0 Å². The molecule has 1 amide bonds. The number of carbonyl (C=O) groups excluding carboxylic acids is 1. The van der Waals surface area contributed by atoms with Gasteiger partial charge in [0.25, 0.3) is 5.91 Å². The number of aromatic hydroxyl groups is 1. The van der Waals surface area contributed by atoms with Crippen LogP contribution in [0.15, 0.2) is 35.2 Å². The Balaban J connectivity index is 1.73. The molecule has 1 aliphatic heterocycles. The summed E-state index contributed by atoms with van der Waals surface area (Å²) < 4.78 is 13.2. The summed E-state index contributed by atoms with van der Waals surface area (Å²) in [7, 11) is 6.80. The summed E-state index contributed by atoms with van der Waals surface area (Å²) in [6, 6.07) is 7.08. The van der Waals surface area contributed by atoms with E-state index < -0.39 is 5.82 Å². The second kappa shape index (κ2) is 8.13. The van der Waals surface area contributed by atoms with Crippen molar-refractivity contribution >= 4 is 56.5 Å². The van der Waals surface area contributed by atoms with Gasteiger partial charge in [-0.2, -0.15) is 0 Å². The summed E-state index contributed by atoms with van der Waals surface area (Å²) in [5, 5.41) is 10.5. The first-order valence-electron chi connectivity index (χ1n) is 7.71. The predicted octanol–water partition coefficient (Wildman–Crippen LogP) is 5.05. The summed E-state index contributed by atoms with van der Waals surface area (Å²) in [6.07, 6.45) is 0. The summed E-state index contributed by atoms with van der Waals surface area (Å²) in [6.45, 7) is 1.87. The number of hydrogen-bond donors (Lipinski definition) is 1. The third-order valence-electron chi connectivity index (χ3n) is 4.17.